The molecule has 0 aliphatic carbocycles. The van der Waals surface area contributed by atoms with Gasteiger partial charge in [-0.3, -0.25) is 4.55 Å². The number of hydrogen-bond acceptors (Lipinski definition) is 4. The minimum atomic E-state index is -3.97. The zero-order valence-electron chi connectivity index (χ0n) is 5.44. The minimum absolute atomic E-state index is 0. The second-order valence-electron chi connectivity index (χ2n) is 1.26. The fraction of sp³-hybridized carbons (Fsp3) is 0.667. The maximum Gasteiger partial charge on any atom is 1.00 e. The molecule has 0 heterocycles. The molecule has 0 spiro atoms. The fourth-order valence-corrected chi connectivity index (χ4v) is 0.529. The van der Waals surface area contributed by atoms with E-state index in [0.29, 0.717) is 0 Å². The zero-order valence-corrected chi connectivity index (χ0v) is 8.26. The third-order valence-corrected chi connectivity index (χ3v) is 1.22. The molecule has 7 heteroatoms. The smallest absolute Gasteiger partial charge is 0.285 e. The molecule has 0 bridgehead atoms. The van der Waals surface area contributed by atoms with Crippen LogP contribution < -0.4 is 29.6 Å². The maximum atomic E-state index is 9.87. The fourth-order valence-electron chi connectivity index (χ4n) is 0.207. The van der Waals surface area contributed by atoms with Gasteiger partial charge in [-0.1, -0.05) is 0 Å². The molecule has 0 aromatic heterocycles. The van der Waals surface area contributed by atoms with Crippen molar-refractivity contribution in [2.75, 3.05) is 12.3 Å². The van der Waals surface area contributed by atoms with E-state index in [1.165, 1.54) is 0 Å². The van der Waals surface area contributed by atoms with Crippen LogP contribution in [0.25, 0.3) is 0 Å². The van der Waals surface area contributed by atoms with Crippen LogP contribution in [-0.2, 0) is 14.9 Å². The molecule has 0 saturated heterocycles. The third kappa shape index (κ3) is 11.1. The van der Waals surface area contributed by atoms with Gasteiger partial charge in [0.1, 0.15) is 0 Å². The molecule has 0 saturated carbocycles. The molecule has 52 valence electrons. The van der Waals surface area contributed by atoms with Crippen LogP contribution in [0.5, 0.6) is 0 Å². The first-order valence-corrected chi connectivity index (χ1v) is 3.66. The first kappa shape index (κ1) is 12.9. The molecule has 0 aromatic rings. The van der Waals surface area contributed by atoms with Crippen molar-refractivity contribution in [2.45, 2.75) is 0 Å². The van der Waals surface area contributed by atoms with Crippen molar-refractivity contribution < 1.29 is 47.3 Å². The Balaban J connectivity index is 0. The summed E-state index contributed by atoms with van der Waals surface area (Å²) in [5.74, 6) is -0.526. The summed E-state index contributed by atoms with van der Waals surface area (Å²) in [4.78, 5) is 12.2. The molecule has 0 aliphatic rings. The molecule has 0 aliphatic heterocycles. The number of carbonyl (C=O) groups excluding carboxylic acids is 1. The monoisotopic (exact) mass is 174 g/mol. The van der Waals surface area contributed by atoms with Gasteiger partial charge in [0.2, 0.25) is 6.08 Å². The van der Waals surface area contributed by atoms with Crippen LogP contribution >= 0.6 is 0 Å². The Bertz CT molecular complexity index is 217. The van der Waals surface area contributed by atoms with Crippen molar-refractivity contribution in [2.24, 2.45) is 4.99 Å². The largest absolute Gasteiger partial charge is 1.00 e. The molecule has 5 nitrogen and oxygen atoms in total. The topological polar surface area (TPSA) is 83.8 Å². The summed E-state index contributed by atoms with van der Waals surface area (Å²) in [6.45, 7) is -0.234. The van der Waals surface area contributed by atoms with Crippen molar-refractivity contribution in [3.05, 3.63) is 0 Å². The van der Waals surface area contributed by atoms with Gasteiger partial charge < -0.3 is 0 Å². The summed E-state index contributed by atoms with van der Waals surface area (Å²) in [5, 5.41) is 0. The number of aliphatic imine (C=N–C) groups is 1. The zero-order chi connectivity index (χ0) is 7.33. The molecular weight excluding hydrogens is 169 g/mol. The predicted molar refractivity (Wildman–Crippen MR) is 29.4 cm³/mol. The van der Waals surface area contributed by atoms with E-state index in [9.17, 15) is 13.2 Å². The van der Waals surface area contributed by atoms with Gasteiger partial charge in [0.15, 0.2) is 0 Å². The molecule has 0 aromatic carbocycles. The number of hydrogen-bond donors (Lipinski definition) is 1. The number of nitrogens with zero attached hydrogens (tertiary/aromatic N) is 1. The normalized spacial score (nSPS) is 9.30. The van der Waals surface area contributed by atoms with E-state index in [4.69, 9.17) is 4.55 Å². The molecule has 0 amide bonds. The van der Waals surface area contributed by atoms with Crippen molar-refractivity contribution in [3.8, 4) is 0 Å². The van der Waals surface area contributed by atoms with Crippen LogP contribution in [-0.4, -0.2) is 31.3 Å². The van der Waals surface area contributed by atoms with E-state index < -0.39 is 15.9 Å². The summed E-state index contributed by atoms with van der Waals surface area (Å²) in [5.41, 5.74) is 0. The van der Waals surface area contributed by atoms with E-state index in [2.05, 4.69) is 4.99 Å². The first-order chi connectivity index (χ1) is 4.06. The molecule has 0 radical (unpaired) electrons. The number of rotatable bonds is 3. The molecule has 0 unspecified atom stereocenters. The predicted octanol–water partition coefficient (Wildman–Crippen LogP) is -3.79. The van der Waals surface area contributed by atoms with Gasteiger partial charge in [-0.25, -0.2) is 9.79 Å². The van der Waals surface area contributed by atoms with Crippen LogP contribution in [0.15, 0.2) is 4.99 Å². The Morgan fingerprint density at radius 1 is 1.50 bits per heavy atom. The molecule has 1 N–H and O–H groups in total. The SMILES string of the molecule is O=C=NCCS(=O)(=O)O.[Na+]. The van der Waals surface area contributed by atoms with Gasteiger partial charge in [-0.05, 0) is 0 Å². The van der Waals surface area contributed by atoms with E-state index >= 15 is 0 Å². The summed E-state index contributed by atoms with van der Waals surface area (Å²) >= 11 is 0. The summed E-state index contributed by atoms with van der Waals surface area (Å²) in [6, 6.07) is 0. The summed E-state index contributed by atoms with van der Waals surface area (Å²) < 4.78 is 27.8. The van der Waals surface area contributed by atoms with Gasteiger partial charge in [0.25, 0.3) is 10.1 Å². The quantitative estimate of drug-likeness (QED) is 0.206. The van der Waals surface area contributed by atoms with Crippen LogP contribution in [0.3, 0.4) is 0 Å². The molecular formula is C3H5NNaO4S+. The van der Waals surface area contributed by atoms with Crippen LogP contribution in [0, 0.1) is 0 Å². The molecule has 0 fully saturated rings. The summed E-state index contributed by atoms with van der Waals surface area (Å²) in [7, 11) is -3.97. The number of isocyanates is 1. The van der Waals surface area contributed by atoms with E-state index in [1.54, 1.807) is 0 Å². The second-order valence-corrected chi connectivity index (χ2v) is 2.83. The maximum absolute atomic E-state index is 9.87. The van der Waals surface area contributed by atoms with Crippen LogP contribution in [0.1, 0.15) is 0 Å². The van der Waals surface area contributed by atoms with Crippen molar-refractivity contribution in [1.82, 2.24) is 0 Å². The van der Waals surface area contributed by atoms with Gasteiger partial charge >= 0.3 is 29.6 Å². The second kappa shape index (κ2) is 6.03. The van der Waals surface area contributed by atoms with Crippen molar-refractivity contribution >= 4 is 16.2 Å². The van der Waals surface area contributed by atoms with Gasteiger partial charge in [0, 0.05) is 0 Å². The Labute approximate surface area is 80.6 Å². The average Bonchev–Trinajstić information content (AvgIpc) is 1.63. The summed E-state index contributed by atoms with van der Waals surface area (Å²) in [6.07, 6.45) is 1.14. The Morgan fingerprint density at radius 2 is 2.00 bits per heavy atom. The molecule has 0 atom stereocenters. The van der Waals surface area contributed by atoms with Crippen molar-refractivity contribution in [1.29, 1.82) is 0 Å². The Morgan fingerprint density at radius 3 is 2.30 bits per heavy atom. The van der Waals surface area contributed by atoms with Gasteiger partial charge in [0.05, 0.1) is 12.3 Å². The Hall–Kier alpha value is 0.290. The van der Waals surface area contributed by atoms with Crippen LogP contribution in [0.2, 0.25) is 0 Å². The Kier molecular flexibility index (Phi) is 7.79. The third-order valence-electron chi connectivity index (χ3n) is 0.526. The van der Waals surface area contributed by atoms with Gasteiger partial charge in [-0.15, -0.1) is 0 Å². The van der Waals surface area contributed by atoms with Gasteiger partial charge in [-0.2, -0.15) is 8.42 Å². The molecule has 0 rings (SSSR count). The van der Waals surface area contributed by atoms with E-state index in [-0.39, 0.29) is 36.1 Å². The van der Waals surface area contributed by atoms with E-state index in [0.717, 1.165) is 6.08 Å². The van der Waals surface area contributed by atoms with E-state index in [1.807, 2.05) is 0 Å². The first-order valence-electron chi connectivity index (χ1n) is 2.05. The standard InChI is InChI=1S/C3H5NO4S.Na/c5-3-4-1-2-9(6,7)8;/h1-2H2,(H,6,7,8);/q;+1. The minimum Gasteiger partial charge on any atom is -0.285 e. The van der Waals surface area contributed by atoms with Crippen molar-refractivity contribution in [3.63, 3.8) is 0 Å². The average molecular weight is 174 g/mol. The molecule has 10 heavy (non-hydrogen) atoms. The van der Waals surface area contributed by atoms with Crippen LogP contribution in [0.4, 0.5) is 0 Å².